The number of hydrogen-bond donors (Lipinski definition) is 1. The molecule has 0 spiro atoms. The lowest BCUT2D eigenvalue weighted by Gasteiger charge is -2.32. The quantitative estimate of drug-likeness (QED) is 0.689. The van der Waals surface area contributed by atoms with Crippen molar-refractivity contribution in [1.82, 2.24) is 9.97 Å². The highest BCUT2D eigenvalue weighted by atomic mass is 16.7. The molecule has 2 aliphatic rings. The van der Waals surface area contributed by atoms with E-state index in [4.69, 9.17) is 19.4 Å². The Bertz CT molecular complexity index is 1010. The molecule has 3 aromatic rings. The maximum absolute atomic E-state index is 5.50. The second-order valence-corrected chi connectivity index (χ2v) is 7.69. The monoisotopic (exact) mass is 388 g/mol. The number of nitrogens with zero attached hydrogens (tertiary/aromatic N) is 3. The van der Waals surface area contributed by atoms with E-state index in [1.54, 1.807) is 0 Å². The molecular formula is C23H24N4O2. The van der Waals surface area contributed by atoms with Gasteiger partial charge in [0.2, 0.25) is 6.79 Å². The second-order valence-electron chi connectivity index (χ2n) is 7.69. The number of nitrogens with one attached hydrogen (secondary N) is 1. The third kappa shape index (κ3) is 3.83. The van der Waals surface area contributed by atoms with E-state index < -0.39 is 0 Å². The summed E-state index contributed by atoms with van der Waals surface area (Å²) in [5.74, 6) is 4.65. The van der Waals surface area contributed by atoms with E-state index in [-0.39, 0.29) is 6.79 Å². The van der Waals surface area contributed by atoms with E-state index in [0.29, 0.717) is 5.92 Å². The Morgan fingerprint density at radius 3 is 2.72 bits per heavy atom. The van der Waals surface area contributed by atoms with Gasteiger partial charge in [0.1, 0.15) is 11.6 Å². The number of hydrogen-bond acceptors (Lipinski definition) is 6. The largest absolute Gasteiger partial charge is 0.454 e. The Morgan fingerprint density at radius 2 is 1.86 bits per heavy atom. The normalized spacial score (nSPS) is 18.0. The van der Waals surface area contributed by atoms with Crippen molar-refractivity contribution >= 4 is 17.3 Å². The fourth-order valence-electron chi connectivity index (χ4n) is 3.90. The van der Waals surface area contributed by atoms with Crippen LogP contribution in [0.3, 0.4) is 0 Å². The van der Waals surface area contributed by atoms with E-state index >= 15 is 0 Å². The standard InChI is InChI=1S/C23H24N4O2/c1-16-6-5-11-27(14-16)22-13-21(25-23(26-22)17-7-3-2-4-8-17)24-18-9-10-19-20(12-18)29-15-28-19/h2-4,7-10,12-13,16H,5-6,11,14-15H2,1H3,(H,24,25,26). The Hall–Kier alpha value is -3.28. The number of anilines is 3. The minimum atomic E-state index is 0.266. The van der Waals surface area contributed by atoms with Crippen LogP contribution in [0.4, 0.5) is 17.3 Å². The van der Waals surface area contributed by atoms with Crippen LogP contribution in [0.5, 0.6) is 11.5 Å². The van der Waals surface area contributed by atoms with Gasteiger partial charge in [-0.3, -0.25) is 0 Å². The van der Waals surface area contributed by atoms with Crippen LogP contribution in [0.1, 0.15) is 19.8 Å². The van der Waals surface area contributed by atoms with Crippen LogP contribution in [0.25, 0.3) is 11.4 Å². The van der Waals surface area contributed by atoms with Gasteiger partial charge in [-0.1, -0.05) is 37.3 Å². The molecular weight excluding hydrogens is 364 g/mol. The van der Waals surface area contributed by atoms with Gasteiger partial charge in [-0.25, -0.2) is 9.97 Å². The van der Waals surface area contributed by atoms with Gasteiger partial charge in [0.05, 0.1) is 0 Å². The van der Waals surface area contributed by atoms with E-state index in [1.165, 1.54) is 12.8 Å². The highest BCUT2D eigenvalue weighted by Crippen LogP contribution is 2.35. The molecule has 148 valence electrons. The summed E-state index contributed by atoms with van der Waals surface area (Å²) in [6, 6.07) is 18.0. The first-order valence-corrected chi connectivity index (χ1v) is 10.1. The number of fused-ring (bicyclic) bond motifs is 1. The highest BCUT2D eigenvalue weighted by Gasteiger charge is 2.20. The van der Waals surface area contributed by atoms with Crippen molar-refractivity contribution < 1.29 is 9.47 Å². The molecule has 1 unspecified atom stereocenters. The highest BCUT2D eigenvalue weighted by molar-refractivity contribution is 5.67. The van der Waals surface area contributed by atoms with E-state index in [0.717, 1.165) is 53.3 Å². The molecule has 0 amide bonds. The smallest absolute Gasteiger partial charge is 0.231 e. The topological polar surface area (TPSA) is 59.5 Å². The molecule has 29 heavy (non-hydrogen) atoms. The molecule has 2 aromatic carbocycles. The number of rotatable bonds is 4. The molecule has 1 fully saturated rings. The maximum Gasteiger partial charge on any atom is 0.231 e. The van der Waals surface area contributed by atoms with E-state index in [1.807, 2.05) is 54.6 Å². The minimum absolute atomic E-state index is 0.266. The van der Waals surface area contributed by atoms with Crippen molar-refractivity contribution in [2.45, 2.75) is 19.8 Å². The second kappa shape index (κ2) is 7.62. The lowest BCUT2D eigenvalue weighted by molar-refractivity contribution is 0.174. The van der Waals surface area contributed by atoms with Gasteiger partial charge < -0.3 is 19.7 Å². The molecule has 0 aliphatic carbocycles. The molecule has 3 heterocycles. The molecule has 5 rings (SSSR count). The fourth-order valence-corrected chi connectivity index (χ4v) is 3.90. The minimum Gasteiger partial charge on any atom is -0.454 e. The molecule has 0 saturated carbocycles. The summed E-state index contributed by atoms with van der Waals surface area (Å²) in [5, 5.41) is 3.42. The zero-order chi connectivity index (χ0) is 19.6. The lowest BCUT2D eigenvalue weighted by Crippen LogP contribution is -2.35. The van der Waals surface area contributed by atoms with Crippen molar-refractivity contribution in [2.75, 3.05) is 30.1 Å². The zero-order valence-electron chi connectivity index (χ0n) is 16.5. The number of piperidine rings is 1. The molecule has 1 N–H and O–H groups in total. The molecule has 6 nitrogen and oxygen atoms in total. The number of ether oxygens (including phenoxy) is 2. The van der Waals surface area contributed by atoms with Gasteiger partial charge in [0.25, 0.3) is 0 Å². The van der Waals surface area contributed by atoms with Crippen LogP contribution in [0.15, 0.2) is 54.6 Å². The van der Waals surface area contributed by atoms with Crippen molar-refractivity contribution in [3.05, 3.63) is 54.6 Å². The van der Waals surface area contributed by atoms with Crippen molar-refractivity contribution in [3.8, 4) is 22.9 Å². The summed E-state index contributed by atoms with van der Waals surface area (Å²) in [7, 11) is 0. The molecule has 1 saturated heterocycles. The molecule has 1 atom stereocenters. The summed E-state index contributed by atoms with van der Waals surface area (Å²) in [4.78, 5) is 12.0. The van der Waals surface area contributed by atoms with E-state index in [9.17, 15) is 0 Å². The van der Waals surface area contributed by atoms with Crippen LogP contribution in [0, 0.1) is 5.92 Å². The SMILES string of the molecule is CC1CCCN(c2cc(Nc3ccc4c(c3)OCO4)nc(-c3ccccc3)n2)C1. The predicted octanol–water partition coefficient (Wildman–Crippen LogP) is 4.85. The zero-order valence-corrected chi connectivity index (χ0v) is 16.5. The van der Waals surface area contributed by atoms with Crippen LogP contribution < -0.4 is 19.7 Å². The summed E-state index contributed by atoms with van der Waals surface area (Å²) in [6.45, 7) is 4.62. The number of aromatic nitrogens is 2. The third-order valence-corrected chi connectivity index (χ3v) is 5.37. The predicted molar refractivity (Wildman–Crippen MR) is 114 cm³/mol. The Balaban J connectivity index is 1.50. The average Bonchev–Trinajstić information content (AvgIpc) is 3.22. The Morgan fingerprint density at radius 1 is 1.00 bits per heavy atom. The molecule has 6 heteroatoms. The first kappa shape index (κ1) is 17.8. The maximum atomic E-state index is 5.50. The number of benzene rings is 2. The Kier molecular flexibility index (Phi) is 4.68. The van der Waals surface area contributed by atoms with Gasteiger partial charge in [0, 0.05) is 36.5 Å². The molecule has 2 aliphatic heterocycles. The van der Waals surface area contributed by atoms with Crippen LogP contribution >= 0.6 is 0 Å². The fraction of sp³-hybridized carbons (Fsp3) is 0.304. The van der Waals surface area contributed by atoms with Gasteiger partial charge in [-0.2, -0.15) is 0 Å². The summed E-state index contributed by atoms with van der Waals surface area (Å²) < 4.78 is 10.9. The summed E-state index contributed by atoms with van der Waals surface area (Å²) in [6.07, 6.45) is 2.46. The first-order valence-electron chi connectivity index (χ1n) is 10.1. The average molecular weight is 388 g/mol. The van der Waals surface area contributed by atoms with Gasteiger partial charge in [-0.15, -0.1) is 0 Å². The lowest BCUT2D eigenvalue weighted by atomic mass is 10.0. The first-order chi connectivity index (χ1) is 14.2. The molecule has 0 bridgehead atoms. The van der Waals surface area contributed by atoms with Gasteiger partial charge >= 0.3 is 0 Å². The summed E-state index contributed by atoms with van der Waals surface area (Å²) in [5.41, 5.74) is 1.91. The molecule has 1 aromatic heterocycles. The van der Waals surface area contributed by atoms with E-state index in [2.05, 4.69) is 17.1 Å². The third-order valence-electron chi connectivity index (χ3n) is 5.37. The summed E-state index contributed by atoms with van der Waals surface area (Å²) >= 11 is 0. The van der Waals surface area contributed by atoms with Crippen molar-refractivity contribution in [2.24, 2.45) is 5.92 Å². The van der Waals surface area contributed by atoms with Crippen LogP contribution in [-0.2, 0) is 0 Å². The van der Waals surface area contributed by atoms with Crippen LogP contribution in [0.2, 0.25) is 0 Å². The van der Waals surface area contributed by atoms with Gasteiger partial charge in [0.15, 0.2) is 17.3 Å². The van der Waals surface area contributed by atoms with Gasteiger partial charge in [-0.05, 0) is 30.9 Å². The van der Waals surface area contributed by atoms with Crippen molar-refractivity contribution in [1.29, 1.82) is 0 Å². The van der Waals surface area contributed by atoms with Crippen molar-refractivity contribution in [3.63, 3.8) is 0 Å². The molecule has 0 radical (unpaired) electrons. The Labute approximate surface area is 170 Å². The van der Waals surface area contributed by atoms with Crippen LogP contribution in [-0.4, -0.2) is 29.9 Å².